The van der Waals surface area contributed by atoms with E-state index in [4.69, 9.17) is 12.7 Å². The van der Waals surface area contributed by atoms with E-state index in [2.05, 4.69) is 0 Å². The van der Waals surface area contributed by atoms with Gasteiger partial charge in [-0.05, 0) is 17.7 Å². The van der Waals surface area contributed by atoms with Gasteiger partial charge in [0.15, 0.2) is 0 Å². The number of benzene rings is 1. The van der Waals surface area contributed by atoms with Crippen molar-refractivity contribution in [1.82, 2.24) is 5.73 Å². The van der Waals surface area contributed by atoms with Gasteiger partial charge >= 0.3 is 0 Å². The van der Waals surface area contributed by atoms with E-state index in [1.54, 1.807) is 0 Å². The maximum atomic E-state index is 8.67. The fourth-order valence-corrected chi connectivity index (χ4v) is 0.461. The third kappa shape index (κ3) is 0.997. The van der Waals surface area contributed by atoms with E-state index in [1.807, 2.05) is 0 Å². The van der Waals surface area contributed by atoms with Crippen LogP contribution < -0.4 is 5.73 Å². The molecule has 1 aromatic carbocycles. The predicted octanol–water partition coefficient (Wildman–Crippen LogP) is 1.32. The Kier molecular flexibility index (Phi) is 1.20. The van der Waals surface area contributed by atoms with Crippen LogP contribution in [0.4, 0.5) is 5.69 Å². The summed E-state index contributed by atoms with van der Waals surface area (Å²) in [6.07, 6.45) is 0. The van der Waals surface area contributed by atoms with Crippen LogP contribution in [0.3, 0.4) is 0 Å². The molecular weight excluding hydrogens is 98.1 g/mol. The van der Waals surface area contributed by atoms with Crippen molar-refractivity contribution in [1.29, 1.82) is 0 Å². The van der Waals surface area contributed by atoms with Crippen LogP contribution >= 0.6 is 0 Å². The normalized spacial score (nSPS) is 9.12. The van der Waals surface area contributed by atoms with Gasteiger partial charge in [0.2, 0.25) is 0 Å². The van der Waals surface area contributed by atoms with Gasteiger partial charge in [0.05, 0.1) is 5.69 Å². The first-order valence-corrected chi connectivity index (χ1v) is 2.29. The summed E-state index contributed by atoms with van der Waals surface area (Å²) < 4.78 is 0. The summed E-state index contributed by atoms with van der Waals surface area (Å²) in [6, 6.07) is 6.05. The fraction of sp³-hybridized carbons (Fsp3) is 0. The summed E-state index contributed by atoms with van der Waals surface area (Å²) >= 11 is 0. The Morgan fingerprint density at radius 2 is 1.62 bits per heavy atom. The summed E-state index contributed by atoms with van der Waals surface area (Å²) in [5.74, 6) is 0. The molecule has 0 aliphatic heterocycles. The van der Waals surface area contributed by atoms with Crippen LogP contribution in [0.5, 0.6) is 0 Å². The van der Waals surface area contributed by atoms with Crippen LogP contribution in [-0.2, 0) is 0 Å². The Hall–Kier alpha value is -0.980. The Morgan fingerprint density at radius 3 is 2.00 bits per heavy atom. The van der Waals surface area contributed by atoms with E-state index in [1.165, 1.54) is 24.3 Å². The molecule has 0 fully saturated rings. The average molecular weight is 102 g/mol. The number of nitrogens with zero attached hydrogens (tertiary/aromatic N) is 1. The molecule has 0 spiro atoms. The smallest absolute Gasteiger partial charge is 0.0857 e. The van der Waals surface area contributed by atoms with Gasteiger partial charge in [-0.25, -0.2) is 0 Å². The molecule has 0 saturated heterocycles. The molecular formula is C7H4N. The van der Waals surface area contributed by atoms with Crippen LogP contribution in [0.25, 0.3) is 0 Å². The molecule has 0 saturated carbocycles. The Morgan fingerprint density at radius 1 is 1.12 bits per heavy atom. The molecule has 0 aromatic heterocycles. The lowest BCUT2D eigenvalue weighted by molar-refractivity contribution is 1.47. The van der Waals surface area contributed by atoms with E-state index >= 15 is 0 Å². The third-order valence-electron chi connectivity index (χ3n) is 0.867. The van der Waals surface area contributed by atoms with Gasteiger partial charge in [0, 0.05) is 6.92 Å². The number of hydrogen-bond donors (Lipinski definition) is 0. The number of hydrogen-bond acceptors (Lipinski definition) is 0. The topological polar surface area (TPSA) is 22.3 Å². The lowest BCUT2D eigenvalue weighted by Crippen LogP contribution is -1.69. The minimum absolute atomic E-state index is 0.209. The van der Waals surface area contributed by atoms with E-state index in [0.717, 1.165) is 0 Å². The van der Waals surface area contributed by atoms with E-state index in [9.17, 15) is 0 Å². The van der Waals surface area contributed by atoms with Gasteiger partial charge in [-0.1, -0.05) is 12.1 Å². The average Bonchev–Trinajstić information content (AvgIpc) is 1.77. The minimum atomic E-state index is 0.209. The highest BCUT2D eigenvalue weighted by molar-refractivity contribution is 5.36. The van der Waals surface area contributed by atoms with Crippen molar-refractivity contribution in [3.8, 4) is 0 Å². The van der Waals surface area contributed by atoms with Gasteiger partial charge in [-0.2, -0.15) is 5.73 Å². The second-order valence-electron chi connectivity index (χ2n) is 1.55. The van der Waals surface area contributed by atoms with Crippen molar-refractivity contribution >= 4 is 5.69 Å². The highest BCUT2D eigenvalue weighted by Crippen LogP contribution is 2.04. The Labute approximate surface area is 49.1 Å². The van der Waals surface area contributed by atoms with Gasteiger partial charge in [0.1, 0.15) is 0 Å². The molecule has 0 atom stereocenters. The summed E-state index contributed by atoms with van der Waals surface area (Å²) in [6.45, 7) is 6.98. The zero-order valence-corrected chi connectivity index (χ0v) is 4.26. The molecule has 5 radical (unpaired) electrons. The van der Waals surface area contributed by atoms with Crippen LogP contribution in [0.1, 0.15) is 5.56 Å². The first kappa shape index (κ1) is 5.16. The zero-order valence-electron chi connectivity index (χ0n) is 4.26. The maximum absolute atomic E-state index is 8.67. The lowest BCUT2D eigenvalue weighted by Gasteiger charge is -1.86. The van der Waals surface area contributed by atoms with Gasteiger partial charge in [0.25, 0.3) is 0 Å². The molecule has 1 nitrogen and oxygen atoms in total. The first-order valence-electron chi connectivity index (χ1n) is 2.29. The SMILES string of the molecule is [C]c1ccc([N])cc1. The lowest BCUT2D eigenvalue weighted by atomic mass is 10.2. The van der Waals surface area contributed by atoms with Crippen LogP contribution in [-0.4, -0.2) is 0 Å². The molecule has 0 bridgehead atoms. The molecule has 0 amide bonds. The summed E-state index contributed by atoms with van der Waals surface area (Å²) in [5, 5.41) is 0. The molecule has 1 rings (SSSR count). The predicted molar refractivity (Wildman–Crippen MR) is 30.6 cm³/mol. The second-order valence-corrected chi connectivity index (χ2v) is 1.55. The van der Waals surface area contributed by atoms with Gasteiger partial charge < -0.3 is 0 Å². The van der Waals surface area contributed by atoms with E-state index in [0.29, 0.717) is 5.56 Å². The van der Waals surface area contributed by atoms with Crippen LogP contribution in [0.15, 0.2) is 24.3 Å². The second kappa shape index (κ2) is 1.86. The van der Waals surface area contributed by atoms with Crippen molar-refractivity contribution in [3.05, 3.63) is 36.8 Å². The zero-order chi connectivity index (χ0) is 5.98. The Balaban J connectivity index is 3.03. The van der Waals surface area contributed by atoms with Crippen molar-refractivity contribution in [3.63, 3.8) is 0 Å². The largest absolute Gasteiger partial charge is 0.151 e. The molecule has 1 aromatic rings. The standard InChI is InChI=1S/C7H4N/c1-6-2-4-7(8)5-3-6/h2-5H. The first-order chi connectivity index (χ1) is 3.79. The monoisotopic (exact) mass is 102 g/mol. The molecule has 0 aliphatic carbocycles. The molecule has 0 heterocycles. The van der Waals surface area contributed by atoms with Crippen LogP contribution in [0.2, 0.25) is 0 Å². The molecule has 37 valence electrons. The fourth-order valence-electron chi connectivity index (χ4n) is 0.461. The number of rotatable bonds is 0. The van der Waals surface area contributed by atoms with Crippen molar-refractivity contribution in [2.24, 2.45) is 0 Å². The highest BCUT2D eigenvalue weighted by atomic mass is 14.5. The molecule has 0 aliphatic rings. The van der Waals surface area contributed by atoms with Crippen molar-refractivity contribution in [2.75, 3.05) is 0 Å². The summed E-state index contributed by atoms with van der Waals surface area (Å²) in [5.41, 5.74) is 9.30. The molecule has 8 heavy (non-hydrogen) atoms. The highest BCUT2D eigenvalue weighted by Gasteiger charge is 1.83. The van der Waals surface area contributed by atoms with Gasteiger partial charge in [-0.15, -0.1) is 0 Å². The summed E-state index contributed by atoms with van der Waals surface area (Å²) in [7, 11) is 0. The van der Waals surface area contributed by atoms with Gasteiger partial charge in [-0.3, -0.25) is 0 Å². The summed E-state index contributed by atoms with van der Waals surface area (Å²) in [4.78, 5) is 0. The van der Waals surface area contributed by atoms with Crippen molar-refractivity contribution < 1.29 is 0 Å². The Bertz CT molecular complexity index is 143. The minimum Gasteiger partial charge on any atom is -0.151 e. The quantitative estimate of drug-likeness (QED) is 0.471. The van der Waals surface area contributed by atoms with E-state index in [-0.39, 0.29) is 5.69 Å². The molecule has 0 N–H and O–H groups in total. The maximum Gasteiger partial charge on any atom is 0.0857 e. The van der Waals surface area contributed by atoms with Crippen molar-refractivity contribution in [2.45, 2.75) is 0 Å². The molecule has 1 heteroatoms. The van der Waals surface area contributed by atoms with E-state index < -0.39 is 0 Å². The third-order valence-corrected chi connectivity index (χ3v) is 0.867. The van der Waals surface area contributed by atoms with Crippen LogP contribution in [0, 0.1) is 6.92 Å². The molecule has 0 unspecified atom stereocenters.